The molecule has 1 amide bonds. The van der Waals surface area contributed by atoms with Crippen LogP contribution in [0.2, 0.25) is 5.02 Å². The van der Waals surface area contributed by atoms with E-state index in [2.05, 4.69) is 15.2 Å². The summed E-state index contributed by atoms with van der Waals surface area (Å²) in [6.07, 6.45) is 3.28. The molecule has 10 heteroatoms. The molecule has 1 N–H and O–H groups in total. The zero-order chi connectivity index (χ0) is 21.8. The van der Waals surface area contributed by atoms with E-state index in [0.29, 0.717) is 36.8 Å². The van der Waals surface area contributed by atoms with Crippen LogP contribution in [0.1, 0.15) is 16.3 Å². The van der Waals surface area contributed by atoms with Crippen LogP contribution in [0.3, 0.4) is 0 Å². The maximum Gasteiger partial charge on any atom is 0.264 e. The van der Waals surface area contributed by atoms with Crippen LogP contribution in [0.4, 0.5) is 0 Å². The van der Waals surface area contributed by atoms with Gasteiger partial charge in [0, 0.05) is 52.3 Å². The van der Waals surface area contributed by atoms with Gasteiger partial charge >= 0.3 is 0 Å². The zero-order valence-corrected chi connectivity index (χ0v) is 18.4. The number of rotatable bonds is 3. The SMILES string of the molecule is O=C(C1Cc2cc(Cl)cc(-c3ccnc4cc(CO)sc34)c2O1)N1CCn2cnnc2C1. The van der Waals surface area contributed by atoms with Crippen molar-refractivity contribution in [2.75, 3.05) is 6.54 Å². The summed E-state index contributed by atoms with van der Waals surface area (Å²) in [5, 5.41) is 18.2. The van der Waals surface area contributed by atoms with Crippen LogP contribution in [0.5, 0.6) is 5.75 Å². The van der Waals surface area contributed by atoms with Gasteiger partial charge in [0.15, 0.2) is 11.9 Å². The van der Waals surface area contributed by atoms with E-state index in [-0.39, 0.29) is 12.5 Å². The standard InChI is InChI=1S/C22H18ClN5O3S/c23-13-5-12-6-18(22(30)27-3-4-28-11-25-26-19(28)9-27)31-20(12)16(7-13)15-1-2-24-17-8-14(10-29)32-21(15)17/h1-2,5,7-8,11,18,29H,3-4,6,9-10H2. The Morgan fingerprint density at radius 1 is 1.28 bits per heavy atom. The highest BCUT2D eigenvalue weighted by molar-refractivity contribution is 7.19. The molecule has 32 heavy (non-hydrogen) atoms. The van der Waals surface area contributed by atoms with Crippen LogP contribution in [-0.4, -0.2) is 48.3 Å². The van der Waals surface area contributed by atoms with Crippen molar-refractivity contribution < 1.29 is 14.6 Å². The van der Waals surface area contributed by atoms with Gasteiger partial charge in [-0.3, -0.25) is 9.78 Å². The number of thiophene rings is 1. The van der Waals surface area contributed by atoms with Gasteiger partial charge in [-0.05, 0) is 24.3 Å². The first-order chi connectivity index (χ1) is 15.6. The van der Waals surface area contributed by atoms with E-state index in [1.165, 1.54) is 11.3 Å². The molecule has 0 saturated carbocycles. The maximum absolute atomic E-state index is 13.3. The molecule has 8 nitrogen and oxygen atoms in total. The van der Waals surface area contributed by atoms with Gasteiger partial charge < -0.3 is 19.3 Å². The lowest BCUT2D eigenvalue weighted by molar-refractivity contribution is -0.139. The summed E-state index contributed by atoms with van der Waals surface area (Å²) in [5.41, 5.74) is 3.49. The van der Waals surface area contributed by atoms with Crippen molar-refractivity contribution in [1.29, 1.82) is 0 Å². The first-order valence-corrected chi connectivity index (χ1v) is 11.4. The normalized spacial score (nSPS) is 17.3. The number of carbonyl (C=O) groups excluding carboxylic acids is 1. The van der Waals surface area contributed by atoms with Gasteiger partial charge in [-0.15, -0.1) is 21.5 Å². The van der Waals surface area contributed by atoms with Gasteiger partial charge in [0.2, 0.25) is 0 Å². The van der Waals surface area contributed by atoms with E-state index in [4.69, 9.17) is 16.3 Å². The van der Waals surface area contributed by atoms with Crippen LogP contribution < -0.4 is 4.74 Å². The van der Waals surface area contributed by atoms with Crippen LogP contribution >= 0.6 is 22.9 Å². The Morgan fingerprint density at radius 2 is 2.19 bits per heavy atom. The number of halogens is 1. The molecule has 0 radical (unpaired) electrons. The van der Waals surface area contributed by atoms with E-state index >= 15 is 0 Å². The molecule has 3 aromatic heterocycles. The number of benzene rings is 1. The molecular weight excluding hydrogens is 450 g/mol. The van der Waals surface area contributed by atoms with Crippen LogP contribution in [-0.2, 0) is 30.9 Å². The third-order valence-corrected chi connectivity index (χ3v) is 7.29. The Bertz CT molecular complexity index is 1370. The van der Waals surface area contributed by atoms with Crippen molar-refractivity contribution in [2.24, 2.45) is 0 Å². The Hall–Kier alpha value is -3.01. The predicted molar refractivity (Wildman–Crippen MR) is 120 cm³/mol. The highest BCUT2D eigenvalue weighted by Gasteiger charge is 2.36. The third-order valence-electron chi connectivity index (χ3n) is 5.93. The number of aliphatic hydroxyl groups is 1. The number of pyridine rings is 1. The van der Waals surface area contributed by atoms with Crippen molar-refractivity contribution in [3.8, 4) is 16.9 Å². The highest BCUT2D eigenvalue weighted by atomic mass is 35.5. The quantitative estimate of drug-likeness (QED) is 0.497. The molecule has 0 aliphatic carbocycles. The number of amides is 1. The van der Waals surface area contributed by atoms with Gasteiger partial charge in [0.05, 0.1) is 23.4 Å². The summed E-state index contributed by atoms with van der Waals surface area (Å²) in [4.78, 5) is 20.3. The van der Waals surface area contributed by atoms with Crippen molar-refractivity contribution in [3.05, 3.63) is 58.1 Å². The second-order valence-corrected chi connectivity index (χ2v) is 9.47. The molecule has 5 heterocycles. The topological polar surface area (TPSA) is 93.4 Å². The Morgan fingerprint density at radius 3 is 3.06 bits per heavy atom. The van der Waals surface area contributed by atoms with Gasteiger partial charge in [0.25, 0.3) is 5.91 Å². The molecule has 0 saturated heterocycles. The van der Waals surface area contributed by atoms with E-state index in [1.54, 1.807) is 17.4 Å². The van der Waals surface area contributed by atoms with Gasteiger partial charge in [-0.2, -0.15) is 0 Å². The molecular formula is C22H18ClN5O3S. The Kier molecular flexibility index (Phi) is 4.63. The third kappa shape index (κ3) is 3.16. The second-order valence-electron chi connectivity index (χ2n) is 7.90. The molecule has 6 rings (SSSR count). The molecule has 2 aliphatic heterocycles. The van der Waals surface area contributed by atoms with Crippen molar-refractivity contribution in [2.45, 2.75) is 32.2 Å². The van der Waals surface area contributed by atoms with Crippen LogP contribution in [0.15, 0.2) is 36.8 Å². The minimum atomic E-state index is -0.606. The van der Waals surface area contributed by atoms with E-state index in [1.807, 2.05) is 28.8 Å². The van der Waals surface area contributed by atoms with Gasteiger partial charge in [0.1, 0.15) is 12.1 Å². The van der Waals surface area contributed by atoms with Gasteiger partial charge in [-0.1, -0.05) is 11.6 Å². The van der Waals surface area contributed by atoms with Gasteiger partial charge in [-0.25, -0.2) is 0 Å². The number of hydrogen-bond donors (Lipinski definition) is 1. The molecule has 2 aliphatic rings. The van der Waals surface area contributed by atoms with E-state index < -0.39 is 6.10 Å². The van der Waals surface area contributed by atoms with Crippen molar-refractivity contribution in [1.82, 2.24) is 24.6 Å². The summed E-state index contributed by atoms with van der Waals surface area (Å²) in [5.74, 6) is 1.40. The number of aliphatic hydroxyl groups excluding tert-OH is 1. The number of aromatic nitrogens is 4. The summed E-state index contributed by atoms with van der Waals surface area (Å²) in [7, 11) is 0. The number of carbonyl (C=O) groups is 1. The lowest BCUT2D eigenvalue weighted by atomic mass is 10.0. The maximum atomic E-state index is 13.3. The van der Waals surface area contributed by atoms with Crippen molar-refractivity contribution >= 4 is 39.1 Å². The average Bonchev–Trinajstić information content (AvgIpc) is 3.54. The first kappa shape index (κ1) is 19.7. The fraction of sp³-hybridized carbons (Fsp3) is 0.273. The smallest absolute Gasteiger partial charge is 0.264 e. The van der Waals surface area contributed by atoms with Crippen LogP contribution in [0, 0.1) is 0 Å². The Balaban J connectivity index is 1.34. The summed E-state index contributed by atoms with van der Waals surface area (Å²) >= 11 is 7.95. The average molecular weight is 468 g/mol. The molecule has 0 fully saturated rings. The van der Waals surface area contributed by atoms with Crippen LogP contribution in [0.25, 0.3) is 21.3 Å². The lowest BCUT2D eigenvalue weighted by Gasteiger charge is -2.29. The minimum absolute atomic E-state index is 0.0369. The number of nitrogens with zero attached hydrogens (tertiary/aromatic N) is 5. The summed E-state index contributed by atoms with van der Waals surface area (Å²) in [6, 6.07) is 7.54. The van der Waals surface area contributed by atoms with Crippen molar-refractivity contribution in [3.63, 3.8) is 0 Å². The molecule has 1 atom stereocenters. The molecule has 4 aromatic rings. The minimum Gasteiger partial charge on any atom is -0.479 e. The Labute approximate surface area is 192 Å². The second kappa shape index (κ2) is 7.54. The number of fused-ring (bicyclic) bond motifs is 3. The first-order valence-electron chi connectivity index (χ1n) is 10.2. The fourth-order valence-corrected chi connectivity index (χ4v) is 5.64. The summed E-state index contributed by atoms with van der Waals surface area (Å²) in [6.45, 7) is 1.65. The monoisotopic (exact) mass is 467 g/mol. The molecule has 162 valence electrons. The molecule has 1 unspecified atom stereocenters. The molecule has 1 aromatic carbocycles. The van der Waals surface area contributed by atoms with E-state index in [9.17, 15) is 9.90 Å². The zero-order valence-electron chi connectivity index (χ0n) is 16.9. The summed E-state index contributed by atoms with van der Waals surface area (Å²) < 4.78 is 9.17. The number of ether oxygens (including phenoxy) is 1. The predicted octanol–water partition coefficient (Wildman–Crippen LogP) is 3.05. The molecule has 0 spiro atoms. The molecule has 0 bridgehead atoms. The largest absolute Gasteiger partial charge is 0.479 e. The van der Waals surface area contributed by atoms with E-state index in [0.717, 1.165) is 37.6 Å². The fourth-order valence-electron chi connectivity index (χ4n) is 4.40. The lowest BCUT2D eigenvalue weighted by Crippen LogP contribution is -2.45. The highest BCUT2D eigenvalue weighted by Crippen LogP contribution is 2.44. The number of hydrogen-bond acceptors (Lipinski definition) is 7.